The normalized spacial score (nSPS) is 11.2. The molecule has 1 aromatic carbocycles. The van der Waals surface area contributed by atoms with Gasteiger partial charge in [0.2, 0.25) is 10.7 Å². The zero-order valence-electron chi connectivity index (χ0n) is 14.8. The second-order valence-electron chi connectivity index (χ2n) is 5.76. The van der Waals surface area contributed by atoms with Crippen LogP contribution in [-0.2, 0) is 4.79 Å². The number of aromatic nitrogens is 4. The smallest absolute Gasteiger partial charge is 0.230 e. The number of nitrogens with one attached hydrogen (secondary N) is 1. The van der Waals surface area contributed by atoms with Crippen molar-refractivity contribution in [3.8, 4) is 0 Å². The van der Waals surface area contributed by atoms with Crippen molar-refractivity contribution in [2.24, 2.45) is 5.10 Å². The Bertz CT molecular complexity index is 1050. The fraction of sp³-hybridized carbons (Fsp3) is 0.235. The molecule has 2 aromatic heterocycles. The Balaban J connectivity index is 1.95. The first-order chi connectivity index (χ1) is 12.4. The molecule has 9 heteroatoms. The minimum atomic E-state index is -0.0931. The lowest BCUT2D eigenvalue weighted by atomic mass is 10.1. The Morgan fingerprint density at radius 1 is 1.38 bits per heavy atom. The van der Waals surface area contributed by atoms with Gasteiger partial charge < -0.3 is 0 Å². The summed E-state index contributed by atoms with van der Waals surface area (Å²) in [6, 6.07) is 5.88. The van der Waals surface area contributed by atoms with Gasteiger partial charge in [-0.15, -0.1) is 11.3 Å². The lowest BCUT2D eigenvalue weighted by Crippen LogP contribution is -2.23. The predicted octanol–water partition coefficient (Wildman–Crippen LogP) is 3.89. The SMILES string of the molecule is CC(=O)N(c1nc(/C=N\n2c(C)n[nH]c2=S)cs1)c1cccc(C)c1C. The zero-order valence-corrected chi connectivity index (χ0v) is 16.5. The molecule has 134 valence electrons. The van der Waals surface area contributed by atoms with Crippen molar-refractivity contribution in [3.63, 3.8) is 0 Å². The topological polar surface area (TPSA) is 79.2 Å². The summed E-state index contributed by atoms with van der Waals surface area (Å²) >= 11 is 6.51. The van der Waals surface area contributed by atoms with Gasteiger partial charge in [0.25, 0.3) is 0 Å². The van der Waals surface area contributed by atoms with Crippen LogP contribution >= 0.6 is 23.6 Å². The van der Waals surface area contributed by atoms with E-state index in [4.69, 9.17) is 12.2 Å². The molecule has 2 heterocycles. The van der Waals surface area contributed by atoms with Crippen LogP contribution in [0.3, 0.4) is 0 Å². The average Bonchev–Trinajstić information content (AvgIpc) is 3.17. The molecule has 3 rings (SSSR count). The Hall–Kier alpha value is -2.65. The molecule has 0 radical (unpaired) electrons. The van der Waals surface area contributed by atoms with Crippen molar-refractivity contribution >= 4 is 46.5 Å². The molecule has 0 aliphatic heterocycles. The molecule has 26 heavy (non-hydrogen) atoms. The number of amides is 1. The Kier molecular flexibility index (Phi) is 5.10. The number of anilines is 2. The van der Waals surface area contributed by atoms with Crippen molar-refractivity contribution in [1.29, 1.82) is 0 Å². The third-order valence-corrected chi connectivity index (χ3v) is 5.06. The number of rotatable bonds is 4. The third kappa shape index (κ3) is 3.49. The molecular formula is C17H18N6OS2. The first-order valence-electron chi connectivity index (χ1n) is 7.89. The Morgan fingerprint density at radius 2 is 2.15 bits per heavy atom. The van der Waals surface area contributed by atoms with E-state index in [0.717, 1.165) is 16.8 Å². The first-order valence-corrected chi connectivity index (χ1v) is 9.18. The molecule has 7 nitrogen and oxygen atoms in total. The van der Waals surface area contributed by atoms with Gasteiger partial charge in [-0.25, -0.2) is 4.98 Å². The van der Waals surface area contributed by atoms with Crippen molar-refractivity contribution < 1.29 is 4.79 Å². The molecule has 0 saturated carbocycles. The van der Waals surface area contributed by atoms with Crippen molar-refractivity contribution in [2.45, 2.75) is 27.7 Å². The van der Waals surface area contributed by atoms with Gasteiger partial charge in [0.05, 0.1) is 17.6 Å². The van der Waals surface area contributed by atoms with Crippen LogP contribution < -0.4 is 4.90 Å². The number of carbonyl (C=O) groups is 1. The van der Waals surface area contributed by atoms with Gasteiger partial charge >= 0.3 is 0 Å². The summed E-state index contributed by atoms with van der Waals surface area (Å²) in [5.74, 6) is 0.562. The monoisotopic (exact) mass is 386 g/mol. The highest BCUT2D eigenvalue weighted by molar-refractivity contribution is 7.71. The van der Waals surface area contributed by atoms with Crippen LogP contribution in [0.15, 0.2) is 28.7 Å². The number of carbonyl (C=O) groups excluding carboxylic acids is 1. The van der Waals surface area contributed by atoms with E-state index < -0.39 is 0 Å². The molecule has 0 atom stereocenters. The van der Waals surface area contributed by atoms with Crippen LogP contribution in [0, 0.1) is 25.5 Å². The largest absolute Gasteiger partial charge is 0.274 e. The molecule has 0 saturated heterocycles. The van der Waals surface area contributed by atoms with Gasteiger partial charge in [0.1, 0.15) is 5.82 Å². The van der Waals surface area contributed by atoms with Crippen molar-refractivity contribution in [2.75, 3.05) is 4.90 Å². The third-order valence-electron chi connectivity index (χ3n) is 3.95. The van der Waals surface area contributed by atoms with E-state index >= 15 is 0 Å². The molecule has 0 fully saturated rings. The van der Waals surface area contributed by atoms with Gasteiger partial charge in [-0.05, 0) is 50.2 Å². The number of nitrogens with zero attached hydrogens (tertiary/aromatic N) is 5. The van der Waals surface area contributed by atoms with Crippen molar-refractivity contribution in [3.05, 3.63) is 51.0 Å². The van der Waals surface area contributed by atoms with E-state index in [-0.39, 0.29) is 5.91 Å². The second kappa shape index (κ2) is 7.30. The number of hydrogen-bond donors (Lipinski definition) is 1. The minimum Gasteiger partial charge on any atom is -0.274 e. The van der Waals surface area contributed by atoms with Crippen LogP contribution in [0.2, 0.25) is 0 Å². The van der Waals surface area contributed by atoms with Crippen LogP contribution in [0.25, 0.3) is 0 Å². The maximum atomic E-state index is 12.3. The lowest BCUT2D eigenvalue weighted by molar-refractivity contribution is -0.115. The molecule has 3 aromatic rings. The molecule has 0 bridgehead atoms. The van der Waals surface area contributed by atoms with Crippen LogP contribution in [0.4, 0.5) is 10.8 Å². The molecular weight excluding hydrogens is 368 g/mol. The zero-order chi connectivity index (χ0) is 18.8. The molecule has 1 N–H and O–H groups in total. The van der Waals surface area contributed by atoms with E-state index in [1.807, 2.05) is 37.4 Å². The Morgan fingerprint density at radius 3 is 2.81 bits per heavy atom. The maximum Gasteiger partial charge on any atom is 0.230 e. The van der Waals surface area contributed by atoms with E-state index in [2.05, 4.69) is 20.3 Å². The summed E-state index contributed by atoms with van der Waals surface area (Å²) in [4.78, 5) is 18.4. The molecule has 0 unspecified atom stereocenters. The van der Waals surface area contributed by atoms with Gasteiger partial charge in [-0.3, -0.25) is 14.8 Å². The van der Waals surface area contributed by atoms with E-state index in [0.29, 0.717) is 21.4 Å². The van der Waals surface area contributed by atoms with Gasteiger partial charge in [0, 0.05) is 12.3 Å². The standard InChI is InChI=1S/C17H18N6OS2/c1-10-6-5-7-15(11(10)2)22(13(4)24)17-19-14(9-26-17)8-18-23-12(3)20-21-16(23)25/h5-9H,1-4H3,(H,21,25)/b18-8-. The van der Waals surface area contributed by atoms with Crippen LogP contribution in [-0.4, -0.2) is 32.0 Å². The second-order valence-corrected chi connectivity index (χ2v) is 6.98. The summed E-state index contributed by atoms with van der Waals surface area (Å²) in [5.41, 5.74) is 3.65. The van der Waals surface area contributed by atoms with Crippen molar-refractivity contribution in [1.82, 2.24) is 19.9 Å². The van der Waals surface area contributed by atoms with Crippen LogP contribution in [0.5, 0.6) is 0 Å². The van der Waals surface area contributed by atoms with E-state index in [9.17, 15) is 4.79 Å². The summed E-state index contributed by atoms with van der Waals surface area (Å²) in [5, 5.41) is 13.4. The molecule has 0 aliphatic rings. The summed E-state index contributed by atoms with van der Waals surface area (Å²) in [6.07, 6.45) is 1.60. The fourth-order valence-corrected chi connectivity index (χ4v) is 3.50. The maximum absolute atomic E-state index is 12.3. The van der Waals surface area contributed by atoms with E-state index in [1.54, 1.807) is 18.0 Å². The predicted molar refractivity (Wildman–Crippen MR) is 106 cm³/mol. The summed E-state index contributed by atoms with van der Waals surface area (Å²) in [7, 11) is 0. The molecule has 1 amide bonds. The number of H-pyrrole nitrogens is 1. The van der Waals surface area contributed by atoms with Crippen LogP contribution in [0.1, 0.15) is 29.6 Å². The summed E-state index contributed by atoms with van der Waals surface area (Å²) < 4.78 is 1.93. The van der Waals surface area contributed by atoms with Gasteiger partial charge in [0.15, 0.2) is 5.13 Å². The van der Waals surface area contributed by atoms with Gasteiger partial charge in [-0.2, -0.15) is 14.9 Å². The van der Waals surface area contributed by atoms with Gasteiger partial charge in [-0.1, -0.05) is 12.1 Å². The number of aryl methyl sites for hydroxylation is 2. The van der Waals surface area contributed by atoms with E-state index in [1.165, 1.54) is 22.9 Å². The molecule has 0 spiro atoms. The number of thiazole rings is 1. The number of benzene rings is 1. The number of aromatic amines is 1. The minimum absolute atomic E-state index is 0.0931. The fourth-order valence-electron chi connectivity index (χ4n) is 2.45. The average molecular weight is 387 g/mol. The highest BCUT2D eigenvalue weighted by atomic mass is 32.1. The highest BCUT2D eigenvalue weighted by Crippen LogP contribution is 2.32. The summed E-state index contributed by atoms with van der Waals surface area (Å²) in [6.45, 7) is 7.35. The Labute approximate surface area is 160 Å². The quantitative estimate of drug-likeness (QED) is 0.545. The first kappa shape index (κ1) is 18.2. The number of hydrogen-bond acceptors (Lipinski definition) is 6. The highest BCUT2D eigenvalue weighted by Gasteiger charge is 2.20. The molecule has 0 aliphatic carbocycles. The lowest BCUT2D eigenvalue weighted by Gasteiger charge is -2.21.